The first kappa shape index (κ1) is 21.5. The number of anilines is 1. The number of nitrogens with one attached hydrogen (secondary N) is 2. The van der Waals surface area contributed by atoms with Crippen molar-refractivity contribution < 1.29 is 17.6 Å². The number of carbonyl (C=O) groups is 1. The van der Waals surface area contributed by atoms with Crippen molar-refractivity contribution in [1.29, 1.82) is 0 Å². The van der Waals surface area contributed by atoms with E-state index >= 15 is 0 Å². The number of primary sulfonamides is 1. The summed E-state index contributed by atoms with van der Waals surface area (Å²) >= 11 is 0. The van der Waals surface area contributed by atoms with E-state index in [0.29, 0.717) is 11.3 Å². The molecule has 0 spiro atoms. The highest BCUT2D eigenvalue weighted by atomic mass is 32.2. The Bertz CT molecular complexity index is 1130. The van der Waals surface area contributed by atoms with Gasteiger partial charge in [0.05, 0.1) is 10.9 Å². The van der Waals surface area contributed by atoms with Crippen molar-refractivity contribution in [3.05, 3.63) is 95.3 Å². The molecular weight excluding hydrogens is 405 g/mol. The van der Waals surface area contributed by atoms with Gasteiger partial charge in [0.1, 0.15) is 5.82 Å². The van der Waals surface area contributed by atoms with E-state index < -0.39 is 27.9 Å². The van der Waals surface area contributed by atoms with Gasteiger partial charge in [-0.2, -0.15) is 0 Å². The Morgan fingerprint density at radius 1 is 1.00 bits per heavy atom. The third kappa shape index (κ3) is 5.43. The van der Waals surface area contributed by atoms with Crippen LogP contribution in [0.1, 0.15) is 29.7 Å². The molecule has 0 aliphatic carbocycles. The van der Waals surface area contributed by atoms with Gasteiger partial charge in [-0.3, -0.25) is 0 Å². The maximum Gasteiger partial charge on any atom is 0.319 e. The van der Waals surface area contributed by atoms with Gasteiger partial charge in [-0.25, -0.2) is 22.7 Å². The average Bonchev–Trinajstić information content (AvgIpc) is 2.72. The number of halogens is 1. The van der Waals surface area contributed by atoms with E-state index in [9.17, 15) is 17.6 Å². The lowest BCUT2D eigenvalue weighted by Crippen LogP contribution is -2.33. The lowest BCUT2D eigenvalue weighted by molar-refractivity contribution is 0.250. The Morgan fingerprint density at radius 2 is 1.67 bits per heavy atom. The van der Waals surface area contributed by atoms with E-state index in [4.69, 9.17) is 5.14 Å². The van der Waals surface area contributed by atoms with Crippen LogP contribution in [0.25, 0.3) is 0 Å². The van der Waals surface area contributed by atoms with Gasteiger partial charge in [0, 0.05) is 5.69 Å². The molecule has 3 aromatic rings. The number of hydrogen-bond acceptors (Lipinski definition) is 3. The number of carbonyl (C=O) groups excluding carboxylic acids is 1. The van der Waals surface area contributed by atoms with Gasteiger partial charge < -0.3 is 10.6 Å². The molecule has 156 valence electrons. The third-order valence-electron chi connectivity index (χ3n) is 4.62. The summed E-state index contributed by atoms with van der Waals surface area (Å²) in [4.78, 5) is 12.5. The molecule has 0 heterocycles. The van der Waals surface area contributed by atoms with Gasteiger partial charge in [0.25, 0.3) is 0 Å². The zero-order valence-corrected chi connectivity index (χ0v) is 17.1. The minimum Gasteiger partial charge on any atom is -0.327 e. The van der Waals surface area contributed by atoms with Crippen LogP contribution < -0.4 is 15.8 Å². The fourth-order valence-electron chi connectivity index (χ4n) is 3.02. The molecule has 6 nitrogen and oxygen atoms in total. The molecule has 0 aliphatic heterocycles. The van der Waals surface area contributed by atoms with Crippen LogP contribution in [0.2, 0.25) is 0 Å². The second-order valence-electron chi connectivity index (χ2n) is 6.75. The minimum atomic E-state index is -3.81. The number of hydrogen-bond donors (Lipinski definition) is 3. The molecule has 3 rings (SSSR count). The molecule has 30 heavy (non-hydrogen) atoms. The summed E-state index contributed by atoms with van der Waals surface area (Å²) in [5.41, 5.74) is 2.94. The van der Waals surface area contributed by atoms with Crippen LogP contribution in [0, 0.1) is 5.82 Å². The van der Waals surface area contributed by atoms with Gasteiger partial charge in [0.2, 0.25) is 10.0 Å². The summed E-state index contributed by atoms with van der Waals surface area (Å²) in [6, 6.07) is 18.2. The molecule has 0 radical (unpaired) electrons. The Kier molecular flexibility index (Phi) is 6.49. The fraction of sp³-hybridized carbons (Fsp3) is 0.136. The topological polar surface area (TPSA) is 101 Å². The van der Waals surface area contributed by atoms with Gasteiger partial charge in [-0.1, -0.05) is 43.3 Å². The molecule has 4 N–H and O–H groups in total. The molecule has 0 saturated heterocycles. The second kappa shape index (κ2) is 9.06. The Balaban J connectivity index is 1.82. The summed E-state index contributed by atoms with van der Waals surface area (Å²) < 4.78 is 36.5. The third-order valence-corrected chi connectivity index (χ3v) is 5.55. The van der Waals surface area contributed by atoms with Crippen molar-refractivity contribution in [3.8, 4) is 0 Å². The van der Waals surface area contributed by atoms with Crippen LogP contribution in [-0.4, -0.2) is 14.4 Å². The molecule has 3 aromatic carbocycles. The predicted octanol–water partition coefficient (Wildman–Crippen LogP) is 3.95. The van der Waals surface area contributed by atoms with Gasteiger partial charge >= 0.3 is 6.03 Å². The van der Waals surface area contributed by atoms with Gasteiger partial charge in [0.15, 0.2) is 0 Å². The van der Waals surface area contributed by atoms with Gasteiger partial charge in [-0.05, 0) is 59.5 Å². The van der Waals surface area contributed by atoms with Crippen LogP contribution in [0.4, 0.5) is 14.9 Å². The van der Waals surface area contributed by atoms with Crippen molar-refractivity contribution in [1.82, 2.24) is 5.32 Å². The lowest BCUT2D eigenvalue weighted by Gasteiger charge is -2.21. The molecule has 8 heteroatoms. The molecule has 0 bridgehead atoms. The van der Waals surface area contributed by atoms with Crippen molar-refractivity contribution in [2.75, 3.05) is 5.32 Å². The van der Waals surface area contributed by atoms with Crippen molar-refractivity contribution in [3.63, 3.8) is 0 Å². The largest absolute Gasteiger partial charge is 0.327 e. The quantitative estimate of drug-likeness (QED) is 0.555. The predicted molar refractivity (Wildman–Crippen MR) is 114 cm³/mol. The van der Waals surface area contributed by atoms with Crippen molar-refractivity contribution in [2.45, 2.75) is 24.3 Å². The average molecular weight is 428 g/mol. The van der Waals surface area contributed by atoms with Crippen LogP contribution >= 0.6 is 0 Å². The highest BCUT2D eigenvalue weighted by Gasteiger charge is 2.18. The molecule has 0 fully saturated rings. The summed E-state index contributed by atoms with van der Waals surface area (Å²) in [6.07, 6.45) is 0.882. The van der Waals surface area contributed by atoms with Crippen molar-refractivity contribution in [2.24, 2.45) is 5.14 Å². The number of urea groups is 1. The molecule has 0 aromatic heterocycles. The number of benzene rings is 3. The standard InChI is InChI=1S/C22H22FN3O3S/c1-2-15-6-8-16(9-7-15)21(17-4-3-5-18(23)14-17)26-22(27)25-19-10-12-20(13-11-19)30(24,28)29/h3-14,21H,2H2,1H3,(H2,24,28,29)(H2,25,26,27). The number of rotatable bonds is 6. The first-order chi connectivity index (χ1) is 14.3. The highest BCUT2D eigenvalue weighted by molar-refractivity contribution is 7.89. The fourth-order valence-corrected chi connectivity index (χ4v) is 3.53. The number of nitrogens with two attached hydrogens (primary N) is 1. The SMILES string of the molecule is CCc1ccc(C(NC(=O)Nc2ccc(S(N)(=O)=O)cc2)c2cccc(F)c2)cc1. The number of aryl methyl sites for hydroxylation is 1. The zero-order chi connectivity index (χ0) is 21.7. The van der Waals surface area contributed by atoms with Gasteiger partial charge in [-0.15, -0.1) is 0 Å². The number of sulfonamides is 1. The van der Waals surface area contributed by atoms with E-state index in [1.54, 1.807) is 12.1 Å². The van der Waals surface area contributed by atoms with E-state index in [1.165, 1.54) is 36.4 Å². The van der Waals surface area contributed by atoms with E-state index in [0.717, 1.165) is 17.5 Å². The highest BCUT2D eigenvalue weighted by Crippen LogP contribution is 2.24. The summed E-state index contributed by atoms with van der Waals surface area (Å²) in [5.74, 6) is -0.400. The van der Waals surface area contributed by atoms with Crippen LogP contribution in [0.15, 0.2) is 77.7 Å². The molecule has 2 amide bonds. The Morgan fingerprint density at radius 3 is 2.23 bits per heavy atom. The lowest BCUT2D eigenvalue weighted by atomic mass is 9.97. The monoisotopic (exact) mass is 427 g/mol. The summed E-state index contributed by atoms with van der Waals surface area (Å²) in [7, 11) is -3.81. The first-order valence-corrected chi connectivity index (χ1v) is 10.9. The van der Waals surface area contributed by atoms with Crippen LogP contribution in [-0.2, 0) is 16.4 Å². The summed E-state index contributed by atoms with van der Waals surface area (Å²) in [6.45, 7) is 2.05. The van der Waals surface area contributed by atoms with E-state index in [1.807, 2.05) is 31.2 Å². The zero-order valence-electron chi connectivity index (χ0n) is 16.3. The molecule has 1 atom stereocenters. The number of amides is 2. The molecule has 1 unspecified atom stereocenters. The van der Waals surface area contributed by atoms with E-state index in [-0.39, 0.29) is 4.90 Å². The smallest absolute Gasteiger partial charge is 0.319 e. The first-order valence-electron chi connectivity index (χ1n) is 9.31. The normalized spacial score (nSPS) is 12.2. The molecule has 0 aliphatic rings. The minimum absolute atomic E-state index is 0.0536. The van der Waals surface area contributed by atoms with Crippen molar-refractivity contribution >= 4 is 21.7 Å². The molecule has 0 saturated carbocycles. The maximum absolute atomic E-state index is 13.8. The Hall–Kier alpha value is -3.23. The summed E-state index contributed by atoms with van der Waals surface area (Å²) in [5, 5.41) is 10.6. The van der Waals surface area contributed by atoms with E-state index in [2.05, 4.69) is 10.6 Å². The molecular formula is C22H22FN3O3S. The van der Waals surface area contributed by atoms with Crippen LogP contribution in [0.3, 0.4) is 0 Å². The van der Waals surface area contributed by atoms with Crippen LogP contribution in [0.5, 0.6) is 0 Å². The second-order valence-corrected chi connectivity index (χ2v) is 8.31. The maximum atomic E-state index is 13.8. The Labute approximate surface area is 175 Å².